The largest absolute Gasteiger partial charge is 0.435 e. The maximum Gasteiger partial charge on any atom is 0.435 e. The maximum atomic E-state index is 14.4. The molecule has 0 spiro atoms. The molecule has 2 aromatic carbocycles. The number of rotatable bonds is 7. The average Bonchev–Trinajstić information content (AvgIpc) is 3.54. The smallest absolute Gasteiger partial charge is 0.374 e. The predicted octanol–water partition coefficient (Wildman–Crippen LogP) is 8.07. The van der Waals surface area contributed by atoms with Crippen LogP contribution in [0.15, 0.2) is 41.6 Å². The quantitative estimate of drug-likeness (QED) is 0.252. The molecule has 0 bridgehead atoms. The zero-order chi connectivity index (χ0) is 31.1. The highest BCUT2D eigenvalue weighted by atomic mass is 35.5. The molecule has 0 radical (unpaired) electrons. The van der Waals surface area contributed by atoms with E-state index >= 15 is 0 Å². The molecule has 2 heterocycles. The van der Waals surface area contributed by atoms with E-state index in [1.165, 1.54) is 35.6 Å². The van der Waals surface area contributed by atoms with E-state index in [0.29, 0.717) is 24.0 Å². The van der Waals surface area contributed by atoms with Crippen molar-refractivity contribution in [2.24, 2.45) is 5.16 Å². The van der Waals surface area contributed by atoms with Crippen molar-refractivity contribution in [3.63, 3.8) is 0 Å². The zero-order valence-corrected chi connectivity index (χ0v) is 24.8. The Morgan fingerprint density at radius 3 is 2.42 bits per heavy atom. The predicted molar refractivity (Wildman–Crippen MR) is 155 cm³/mol. The molecule has 3 aromatic rings. The second-order valence-electron chi connectivity index (χ2n) is 10.3. The number of amides is 2. The molecule has 5 rings (SSSR count). The van der Waals surface area contributed by atoms with Crippen molar-refractivity contribution in [3.05, 3.63) is 84.7 Å². The summed E-state index contributed by atoms with van der Waals surface area (Å²) in [5.74, 6) is -1.25. The number of hydrogen-bond donors (Lipinski definition) is 2. The fourth-order valence-corrected chi connectivity index (χ4v) is 7.07. The van der Waals surface area contributed by atoms with Crippen LogP contribution in [-0.4, -0.2) is 36.7 Å². The number of aryl methyl sites for hydroxylation is 2. The molecule has 43 heavy (non-hydrogen) atoms. The lowest BCUT2D eigenvalue weighted by atomic mass is 9.86. The molecule has 1 atom stereocenters. The van der Waals surface area contributed by atoms with Gasteiger partial charge in [-0.2, -0.15) is 13.2 Å². The summed E-state index contributed by atoms with van der Waals surface area (Å²) in [4.78, 5) is 32.1. The van der Waals surface area contributed by atoms with E-state index in [-0.39, 0.29) is 37.4 Å². The van der Waals surface area contributed by atoms with Gasteiger partial charge in [-0.05, 0) is 79.6 Å². The molecule has 2 amide bonds. The normalized spacial score (nSPS) is 18.2. The molecule has 228 valence electrons. The van der Waals surface area contributed by atoms with Crippen LogP contribution in [0, 0.1) is 6.92 Å². The summed E-state index contributed by atoms with van der Waals surface area (Å²) in [6.07, 6.45) is -5.19. The van der Waals surface area contributed by atoms with Crippen LogP contribution in [0.4, 0.5) is 27.0 Å². The molecule has 1 aromatic heterocycles. The number of hydrogen-bond acceptors (Lipinski definition) is 5. The topological polar surface area (TPSA) is 79.8 Å². The number of carbonyl (C=O) groups is 2. The van der Waals surface area contributed by atoms with Gasteiger partial charge in [0.15, 0.2) is 0 Å². The highest BCUT2D eigenvalue weighted by molar-refractivity contribution is 7.17. The van der Waals surface area contributed by atoms with Crippen LogP contribution < -0.4 is 10.6 Å². The fraction of sp³-hybridized carbons (Fsp3) is 0.345. The Hall–Kier alpha value is -3.22. The second kappa shape index (κ2) is 12.0. The lowest BCUT2D eigenvalue weighted by molar-refractivity contribution is -0.275. The van der Waals surface area contributed by atoms with Crippen LogP contribution >= 0.6 is 34.5 Å². The summed E-state index contributed by atoms with van der Waals surface area (Å²) >= 11 is 13.2. The number of benzene rings is 2. The van der Waals surface area contributed by atoms with Gasteiger partial charge in [-0.1, -0.05) is 34.4 Å². The van der Waals surface area contributed by atoms with Gasteiger partial charge in [0.2, 0.25) is 0 Å². The van der Waals surface area contributed by atoms with Gasteiger partial charge in [0.25, 0.3) is 23.8 Å². The lowest BCUT2D eigenvalue weighted by Gasteiger charge is -2.29. The number of thiophene rings is 1. The van der Waals surface area contributed by atoms with Crippen molar-refractivity contribution in [3.8, 4) is 0 Å². The van der Waals surface area contributed by atoms with E-state index in [2.05, 4.69) is 15.8 Å². The van der Waals surface area contributed by atoms with Gasteiger partial charge in [0, 0.05) is 32.5 Å². The Morgan fingerprint density at radius 1 is 1.07 bits per heavy atom. The third-order valence-corrected chi connectivity index (χ3v) is 9.01. The van der Waals surface area contributed by atoms with Crippen molar-refractivity contribution >= 4 is 57.1 Å². The first-order chi connectivity index (χ1) is 20.3. The summed E-state index contributed by atoms with van der Waals surface area (Å²) in [7, 11) is 0. The van der Waals surface area contributed by atoms with Gasteiger partial charge in [0.05, 0.1) is 17.8 Å². The lowest BCUT2D eigenvalue weighted by Crippen LogP contribution is -2.42. The van der Waals surface area contributed by atoms with Gasteiger partial charge in [-0.25, -0.2) is 8.78 Å². The number of oxime groups is 1. The monoisotopic (exact) mass is 659 g/mol. The fourth-order valence-electron chi connectivity index (χ4n) is 5.27. The van der Waals surface area contributed by atoms with E-state index in [1.54, 1.807) is 6.92 Å². The minimum atomic E-state index is -4.86. The van der Waals surface area contributed by atoms with E-state index in [4.69, 9.17) is 28.0 Å². The summed E-state index contributed by atoms with van der Waals surface area (Å²) in [5, 5.41) is 9.01. The minimum Gasteiger partial charge on any atom is -0.374 e. The SMILES string of the molecule is Cc1cc(C2=NOC(c3cc(Cl)cc(Cl)c3)(C(F)(F)F)C2)ccc1C(=O)Nc1sc2c(c1C(=O)NCC(F)F)CCCC2. The number of halogens is 7. The van der Waals surface area contributed by atoms with Crippen LogP contribution in [0.5, 0.6) is 0 Å². The van der Waals surface area contributed by atoms with Crippen LogP contribution in [0.25, 0.3) is 0 Å². The average molecular weight is 660 g/mol. The van der Waals surface area contributed by atoms with Crippen LogP contribution in [-0.2, 0) is 23.3 Å². The zero-order valence-electron chi connectivity index (χ0n) is 22.5. The number of carbonyl (C=O) groups excluding carboxylic acids is 2. The molecular formula is C29H24Cl2F5N3O3S. The molecular weight excluding hydrogens is 636 g/mol. The molecule has 1 aliphatic heterocycles. The molecule has 6 nitrogen and oxygen atoms in total. The first-order valence-electron chi connectivity index (χ1n) is 13.2. The van der Waals surface area contributed by atoms with Crippen molar-refractivity contribution in [1.82, 2.24) is 5.32 Å². The van der Waals surface area contributed by atoms with Crippen LogP contribution in [0.1, 0.15) is 67.1 Å². The second-order valence-corrected chi connectivity index (χ2v) is 12.3. The van der Waals surface area contributed by atoms with Gasteiger partial charge >= 0.3 is 6.18 Å². The van der Waals surface area contributed by atoms with E-state index < -0.39 is 43.0 Å². The molecule has 0 saturated carbocycles. The Kier molecular flexibility index (Phi) is 8.75. The number of nitrogens with one attached hydrogen (secondary N) is 2. The molecule has 0 saturated heterocycles. The van der Waals surface area contributed by atoms with Crippen molar-refractivity contribution in [2.45, 2.75) is 57.2 Å². The summed E-state index contributed by atoms with van der Waals surface area (Å²) < 4.78 is 68.6. The molecule has 2 N–H and O–H groups in total. The number of alkyl halides is 5. The van der Waals surface area contributed by atoms with E-state index in [9.17, 15) is 31.5 Å². The third kappa shape index (κ3) is 6.23. The molecule has 2 aliphatic rings. The van der Waals surface area contributed by atoms with Gasteiger partial charge in [-0.15, -0.1) is 11.3 Å². The van der Waals surface area contributed by atoms with Gasteiger partial charge in [-0.3, -0.25) is 9.59 Å². The first kappa shape index (κ1) is 31.2. The summed E-state index contributed by atoms with van der Waals surface area (Å²) in [6.45, 7) is 0.795. The number of fused-ring (bicyclic) bond motifs is 1. The van der Waals surface area contributed by atoms with Gasteiger partial charge < -0.3 is 15.5 Å². The minimum absolute atomic E-state index is 0.00685. The van der Waals surface area contributed by atoms with Crippen molar-refractivity contribution in [2.75, 3.05) is 11.9 Å². The molecule has 1 unspecified atom stereocenters. The highest BCUT2D eigenvalue weighted by Crippen LogP contribution is 2.50. The van der Waals surface area contributed by atoms with Crippen LogP contribution in [0.3, 0.4) is 0 Å². The van der Waals surface area contributed by atoms with E-state index in [1.807, 2.05) is 0 Å². The Labute approximate surface area is 257 Å². The van der Waals surface area contributed by atoms with Crippen molar-refractivity contribution in [1.29, 1.82) is 0 Å². The van der Waals surface area contributed by atoms with E-state index in [0.717, 1.165) is 35.4 Å². The highest BCUT2D eigenvalue weighted by Gasteiger charge is 2.62. The summed E-state index contributed by atoms with van der Waals surface area (Å²) in [5.41, 5.74) is -1.21. The first-order valence-corrected chi connectivity index (χ1v) is 14.8. The molecule has 0 fully saturated rings. The van der Waals surface area contributed by atoms with Crippen LogP contribution in [0.2, 0.25) is 10.0 Å². The molecule has 1 aliphatic carbocycles. The Morgan fingerprint density at radius 2 is 1.77 bits per heavy atom. The molecule has 14 heteroatoms. The Bertz CT molecular complexity index is 1610. The number of nitrogens with zero attached hydrogens (tertiary/aromatic N) is 1. The maximum absolute atomic E-state index is 14.4. The van der Waals surface area contributed by atoms with Crippen molar-refractivity contribution < 1.29 is 36.4 Å². The standard InChI is InChI=1S/C29H24Cl2F5N3O3S/c1-14-8-15(21-12-28(42-39-21,29(34,35)36)16-9-17(30)11-18(31)10-16)6-7-19(14)25(40)38-27-24(26(41)37-13-23(32)33)20-4-2-3-5-22(20)43-27/h6-11,23H,2-5,12-13H2,1H3,(H,37,41)(H,38,40). The van der Waals surface area contributed by atoms with Gasteiger partial charge in [0.1, 0.15) is 5.00 Å². The Balaban J connectivity index is 1.39. The number of anilines is 1. The summed E-state index contributed by atoms with van der Waals surface area (Å²) in [6, 6.07) is 7.98. The third-order valence-electron chi connectivity index (χ3n) is 7.36.